The molecule has 4 rings (SSSR count). The van der Waals surface area contributed by atoms with Crippen molar-refractivity contribution in [2.24, 2.45) is 5.92 Å². The molecule has 0 saturated heterocycles. The van der Waals surface area contributed by atoms with E-state index in [-0.39, 0.29) is 25.0 Å². The zero-order valence-electron chi connectivity index (χ0n) is 26.8. The van der Waals surface area contributed by atoms with Gasteiger partial charge in [0.2, 0.25) is 5.91 Å². The van der Waals surface area contributed by atoms with Crippen molar-refractivity contribution in [1.29, 1.82) is 0 Å². The van der Waals surface area contributed by atoms with Crippen molar-refractivity contribution in [3.63, 3.8) is 0 Å². The van der Waals surface area contributed by atoms with Crippen molar-refractivity contribution in [2.75, 3.05) is 0 Å². The molecule has 242 valence electrons. The van der Waals surface area contributed by atoms with Gasteiger partial charge in [-0.15, -0.1) is 0 Å². The molecule has 1 aliphatic carbocycles. The van der Waals surface area contributed by atoms with E-state index < -0.39 is 41.7 Å². The van der Waals surface area contributed by atoms with E-state index in [1.54, 1.807) is 33.0 Å². The molecule has 1 aliphatic rings. The third kappa shape index (κ3) is 9.83. The maximum Gasteiger partial charge on any atom is 0.419 e. The molecule has 45 heavy (non-hydrogen) atoms. The summed E-state index contributed by atoms with van der Waals surface area (Å²) in [5, 5.41) is 6.28. The van der Waals surface area contributed by atoms with Crippen molar-refractivity contribution >= 4 is 35.0 Å². The largest absolute Gasteiger partial charge is 0.461 e. The first-order valence-corrected chi connectivity index (χ1v) is 15.7. The number of alkyl carbamates (subject to hydrolysis) is 1. The van der Waals surface area contributed by atoms with Crippen LogP contribution in [0.1, 0.15) is 77.8 Å². The smallest absolute Gasteiger partial charge is 0.419 e. The Hall–Kier alpha value is -4.34. The fourth-order valence-corrected chi connectivity index (χ4v) is 5.42. The molecule has 0 radical (unpaired) electrons. The van der Waals surface area contributed by atoms with E-state index in [2.05, 4.69) is 10.6 Å². The minimum atomic E-state index is -1.06. The number of nitrogens with zero attached hydrogens (tertiary/aromatic N) is 1. The zero-order valence-corrected chi connectivity index (χ0v) is 26.8. The second-order valence-corrected chi connectivity index (χ2v) is 13.0. The molecule has 0 unspecified atom stereocenters. The lowest BCUT2D eigenvalue weighted by Crippen LogP contribution is -2.53. The molecule has 2 N–H and O–H groups in total. The summed E-state index contributed by atoms with van der Waals surface area (Å²) in [6.45, 7) is 9.31. The Morgan fingerprint density at radius 3 is 2.24 bits per heavy atom. The number of amides is 2. The van der Waals surface area contributed by atoms with Gasteiger partial charge < -0.3 is 24.8 Å². The molecule has 0 aliphatic heterocycles. The van der Waals surface area contributed by atoms with E-state index in [1.165, 1.54) is 4.57 Å². The molecule has 2 aromatic carbocycles. The molecule has 2 amide bonds. The SMILES string of the molecule is CC(C)C[C@@H](NC(=O)OCc1ccccc1)C(=O)N[C@@H](Cc1cn(C(=O)OC(C)(C)C)c2ccccc12)C(=O)OC1CCCC1. The highest BCUT2D eigenvalue weighted by atomic mass is 16.6. The Bertz CT molecular complexity index is 1470. The molecule has 1 saturated carbocycles. The van der Waals surface area contributed by atoms with Crippen LogP contribution in [0.15, 0.2) is 60.8 Å². The topological polar surface area (TPSA) is 125 Å². The third-order valence-electron chi connectivity index (χ3n) is 7.52. The molecular weight excluding hydrogens is 574 g/mol. The van der Waals surface area contributed by atoms with E-state index in [9.17, 15) is 19.2 Å². The van der Waals surface area contributed by atoms with Gasteiger partial charge in [0.25, 0.3) is 0 Å². The van der Waals surface area contributed by atoms with E-state index in [0.29, 0.717) is 17.5 Å². The van der Waals surface area contributed by atoms with Gasteiger partial charge in [0.15, 0.2) is 0 Å². The lowest BCUT2D eigenvalue weighted by Gasteiger charge is -2.24. The molecule has 2 atom stereocenters. The monoisotopic (exact) mass is 619 g/mol. The predicted octanol–water partition coefficient (Wildman–Crippen LogP) is 6.28. The van der Waals surface area contributed by atoms with Crippen LogP contribution in [0.5, 0.6) is 0 Å². The zero-order chi connectivity index (χ0) is 32.6. The summed E-state index contributed by atoms with van der Waals surface area (Å²) in [5.74, 6) is -1.02. The number of rotatable bonds is 11. The number of ether oxygens (including phenoxy) is 3. The van der Waals surface area contributed by atoms with E-state index in [4.69, 9.17) is 14.2 Å². The highest BCUT2D eigenvalue weighted by Gasteiger charge is 2.32. The van der Waals surface area contributed by atoms with Crippen molar-refractivity contribution in [1.82, 2.24) is 15.2 Å². The fourth-order valence-electron chi connectivity index (χ4n) is 5.42. The van der Waals surface area contributed by atoms with Crippen LogP contribution >= 0.6 is 0 Å². The number of esters is 1. The first kappa shape index (κ1) is 33.6. The van der Waals surface area contributed by atoms with Gasteiger partial charge in [-0.3, -0.25) is 9.36 Å². The second kappa shape index (κ2) is 15.1. The molecule has 0 bridgehead atoms. The van der Waals surface area contributed by atoms with Crippen LogP contribution in [0.25, 0.3) is 10.9 Å². The van der Waals surface area contributed by atoms with Gasteiger partial charge in [0.05, 0.1) is 5.52 Å². The molecule has 10 heteroatoms. The highest BCUT2D eigenvalue weighted by Crippen LogP contribution is 2.26. The van der Waals surface area contributed by atoms with Gasteiger partial charge in [-0.1, -0.05) is 62.4 Å². The van der Waals surface area contributed by atoms with Crippen LogP contribution in [0.2, 0.25) is 0 Å². The van der Waals surface area contributed by atoms with E-state index >= 15 is 0 Å². The number of carbonyl (C=O) groups is 4. The Labute approximate surface area is 264 Å². The fraction of sp³-hybridized carbons (Fsp3) is 0.486. The minimum absolute atomic E-state index is 0.0563. The molecule has 1 fully saturated rings. The van der Waals surface area contributed by atoms with Crippen molar-refractivity contribution in [3.05, 3.63) is 71.9 Å². The Morgan fingerprint density at radius 1 is 0.911 bits per heavy atom. The van der Waals surface area contributed by atoms with Gasteiger partial charge >= 0.3 is 18.2 Å². The molecule has 0 spiro atoms. The van der Waals surface area contributed by atoms with Gasteiger partial charge in [-0.2, -0.15) is 0 Å². The first-order valence-electron chi connectivity index (χ1n) is 15.7. The number of aromatic nitrogens is 1. The Balaban J connectivity index is 1.56. The molecule has 1 heterocycles. The lowest BCUT2D eigenvalue weighted by atomic mass is 10.0. The Kier molecular flexibility index (Phi) is 11.3. The highest BCUT2D eigenvalue weighted by molar-refractivity contribution is 5.93. The summed E-state index contributed by atoms with van der Waals surface area (Å²) in [6.07, 6.45) is 4.05. The van der Waals surface area contributed by atoms with Crippen LogP contribution in [-0.2, 0) is 36.8 Å². The maximum absolute atomic E-state index is 13.7. The third-order valence-corrected chi connectivity index (χ3v) is 7.52. The molecule has 1 aromatic heterocycles. The first-order chi connectivity index (χ1) is 21.4. The lowest BCUT2D eigenvalue weighted by molar-refractivity contribution is -0.152. The molecule has 10 nitrogen and oxygen atoms in total. The van der Waals surface area contributed by atoms with Gasteiger partial charge in [0, 0.05) is 18.0 Å². The summed E-state index contributed by atoms with van der Waals surface area (Å²) in [4.78, 5) is 53.1. The number of carbonyl (C=O) groups excluding carboxylic acids is 4. The average Bonchev–Trinajstić information content (AvgIpc) is 3.63. The normalized spacial score (nSPS) is 15.0. The summed E-state index contributed by atoms with van der Waals surface area (Å²) in [6, 6.07) is 14.6. The maximum atomic E-state index is 13.7. The van der Waals surface area contributed by atoms with Crippen LogP contribution in [0.3, 0.4) is 0 Å². The summed E-state index contributed by atoms with van der Waals surface area (Å²) in [7, 11) is 0. The van der Waals surface area contributed by atoms with E-state index in [0.717, 1.165) is 36.6 Å². The number of para-hydroxylation sites is 1. The van der Waals surface area contributed by atoms with Gasteiger partial charge in [-0.25, -0.2) is 14.4 Å². The number of hydrogen-bond acceptors (Lipinski definition) is 7. The quantitative estimate of drug-likeness (QED) is 0.191. The van der Waals surface area contributed by atoms with Crippen LogP contribution in [0.4, 0.5) is 9.59 Å². The molecule has 3 aromatic rings. The van der Waals surface area contributed by atoms with Gasteiger partial charge in [-0.05, 0) is 76.0 Å². The summed E-state index contributed by atoms with van der Waals surface area (Å²) >= 11 is 0. The number of fused-ring (bicyclic) bond motifs is 1. The molecular formula is C35H45N3O7. The Morgan fingerprint density at radius 2 is 1.58 bits per heavy atom. The second-order valence-electron chi connectivity index (χ2n) is 13.0. The predicted molar refractivity (Wildman–Crippen MR) is 171 cm³/mol. The van der Waals surface area contributed by atoms with Crippen LogP contribution < -0.4 is 10.6 Å². The van der Waals surface area contributed by atoms with E-state index in [1.807, 2.05) is 62.4 Å². The van der Waals surface area contributed by atoms with Crippen LogP contribution in [0, 0.1) is 5.92 Å². The number of hydrogen-bond donors (Lipinski definition) is 2. The van der Waals surface area contributed by atoms with Crippen molar-refractivity contribution in [2.45, 2.75) is 104 Å². The van der Waals surface area contributed by atoms with Gasteiger partial charge in [0.1, 0.15) is 30.4 Å². The standard InChI is InChI=1S/C35H45N3O7/c1-23(2)19-28(37-33(41)43-22-24-13-7-6-8-14-24)31(39)36-29(32(40)44-26-15-9-10-16-26)20-25-21-38(34(42)45-35(3,4)5)30-18-12-11-17-27(25)30/h6-8,11-14,17-18,21,23,26,28-29H,9-10,15-16,19-20,22H2,1-5H3,(H,36,39)(H,37,41)/t28-,29+/m1/s1. The van der Waals surface area contributed by atoms with Crippen molar-refractivity contribution in [3.8, 4) is 0 Å². The average molecular weight is 620 g/mol. The number of benzene rings is 2. The number of nitrogens with one attached hydrogen (secondary N) is 2. The summed E-state index contributed by atoms with van der Waals surface area (Å²) < 4.78 is 18.2. The minimum Gasteiger partial charge on any atom is -0.461 e. The summed E-state index contributed by atoms with van der Waals surface area (Å²) in [5.41, 5.74) is 1.40. The van der Waals surface area contributed by atoms with Crippen LogP contribution in [-0.4, -0.2) is 52.4 Å². The van der Waals surface area contributed by atoms with Crippen molar-refractivity contribution < 1.29 is 33.4 Å².